The predicted molar refractivity (Wildman–Crippen MR) is 159 cm³/mol. The van der Waals surface area contributed by atoms with Gasteiger partial charge >= 0.3 is 0 Å². The quantitative estimate of drug-likeness (QED) is 0.264. The number of nitrogens with zero attached hydrogens (tertiary/aromatic N) is 5. The Morgan fingerprint density at radius 1 is 1.00 bits per heavy atom. The average molecular weight is 545 g/mol. The lowest BCUT2D eigenvalue weighted by Gasteiger charge is -2.26. The van der Waals surface area contributed by atoms with E-state index in [1.54, 1.807) is 13.3 Å². The number of benzene rings is 1. The molecule has 3 fully saturated rings. The van der Waals surface area contributed by atoms with E-state index in [-0.39, 0.29) is 5.91 Å². The van der Waals surface area contributed by atoms with E-state index in [1.165, 1.54) is 58.0 Å². The van der Waals surface area contributed by atoms with Crippen LogP contribution in [0.3, 0.4) is 0 Å². The molecule has 1 N–H and O–H groups in total. The number of nitrogens with one attached hydrogen (secondary N) is 1. The summed E-state index contributed by atoms with van der Waals surface area (Å²) in [5.41, 5.74) is 3.21. The number of ether oxygens (including phenoxy) is 1. The Bertz CT molecular complexity index is 1260. The van der Waals surface area contributed by atoms with Crippen molar-refractivity contribution in [2.75, 3.05) is 45.2 Å². The van der Waals surface area contributed by atoms with Crippen LogP contribution in [0.1, 0.15) is 74.6 Å². The Morgan fingerprint density at radius 2 is 1.70 bits per heavy atom. The van der Waals surface area contributed by atoms with Gasteiger partial charge in [-0.05, 0) is 93.9 Å². The van der Waals surface area contributed by atoms with Crippen molar-refractivity contribution in [1.29, 1.82) is 0 Å². The fraction of sp³-hybridized carbons (Fsp3) is 0.594. The fourth-order valence-electron chi connectivity index (χ4n) is 5.87. The van der Waals surface area contributed by atoms with Crippen LogP contribution in [0, 0.1) is 11.8 Å². The summed E-state index contributed by atoms with van der Waals surface area (Å²) < 4.78 is 7.54. The van der Waals surface area contributed by atoms with Crippen molar-refractivity contribution in [1.82, 2.24) is 24.3 Å². The molecule has 1 aromatic carbocycles. The van der Waals surface area contributed by atoms with Crippen LogP contribution in [0.2, 0.25) is 0 Å². The number of hydrogen-bond donors (Lipinski definition) is 1. The van der Waals surface area contributed by atoms with Crippen LogP contribution in [0.5, 0.6) is 5.75 Å². The van der Waals surface area contributed by atoms with Gasteiger partial charge in [0.25, 0.3) is 5.91 Å². The SMILES string of the molecule is COc1ccc(Nc2nc3ncc(C(=O)N(CCC4CC4)CCC4CC4)cc3n2CCCN2CCCCC2)cc1. The molecule has 6 rings (SSSR count). The Hall–Kier alpha value is -3.13. The zero-order valence-corrected chi connectivity index (χ0v) is 24.0. The van der Waals surface area contributed by atoms with E-state index < -0.39 is 0 Å². The standard InChI is InChI=1S/C32H44N6O2/c1-40-28-12-10-27(11-13-28)34-32-35-30-29(38(32)19-5-18-36-16-3-2-4-17-36)22-26(23-33-30)31(39)37(20-14-24-6-7-24)21-15-25-8-9-25/h10-13,22-25H,2-9,14-21H2,1H3,(H,33,34,35). The molecule has 1 saturated heterocycles. The normalized spacial score (nSPS) is 17.7. The van der Waals surface area contributed by atoms with Crippen molar-refractivity contribution < 1.29 is 9.53 Å². The maximum atomic E-state index is 13.8. The molecule has 3 aliphatic rings. The third-order valence-electron chi connectivity index (χ3n) is 8.80. The molecule has 1 aliphatic heterocycles. The monoisotopic (exact) mass is 544 g/mol. The second kappa shape index (κ2) is 12.6. The lowest BCUT2D eigenvalue weighted by Crippen LogP contribution is -2.33. The molecule has 8 nitrogen and oxygen atoms in total. The van der Waals surface area contributed by atoms with Gasteiger partial charge < -0.3 is 24.4 Å². The Labute approximate surface area is 238 Å². The molecular formula is C32H44N6O2. The molecule has 40 heavy (non-hydrogen) atoms. The fourth-order valence-corrected chi connectivity index (χ4v) is 5.87. The molecule has 2 aromatic heterocycles. The highest BCUT2D eigenvalue weighted by Crippen LogP contribution is 2.34. The number of likely N-dealkylation sites (tertiary alicyclic amines) is 1. The molecule has 0 atom stereocenters. The van der Waals surface area contributed by atoms with Crippen molar-refractivity contribution in [3.05, 3.63) is 42.1 Å². The van der Waals surface area contributed by atoms with Gasteiger partial charge in [0.05, 0.1) is 18.2 Å². The van der Waals surface area contributed by atoms with E-state index in [0.29, 0.717) is 11.2 Å². The summed E-state index contributed by atoms with van der Waals surface area (Å²) in [6.45, 7) is 5.99. The Morgan fingerprint density at radius 3 is 2.35 bits per heavy atom. The molecule has 0 radical (unpaired) electrons. The predicted octanol–water partition coefficient (Wildman–Crippen LogP) is 6.10. The van der Waals surface area contributed by atoms with Crippen molar-refractivity contribution in [2.24, 2.45) is 11.8 Å². The van der Waals surface area contributed by atoms with Crippen LogP contribution in [0.15, 0.2) is 36.5 Å². The first-order valence-electron chi connectivity index (χ1n) is 15.5. The molecule has 2 aliphatic carbocycles. The number of fused-ring (bicyclic) bond motifs is 1. The van der Waals surface area contributed by atoms with E-state index in [9.17, 15) is 4.79 Å². The summed E-state index contributed by atoms with van der Waals surface area (Å²) in [6.07, 6.45) is 14.2. The van der Waals surface area contributed by atoms with Gasteiger partial charge in [-0.25, -0.2) is 4.98 Å². The van der Waals surface area contributed by atoms with Gasteiger partial charge in [0, 0.05) is 31.5 Å². The smallest absolute Gasteiger partial charge is 0.255 e. The van der Waals surface area contributed by atoms with E-state index in [4.69, 9.17) is 14.7 Å². The summed E-state index contributed by atoms with van der Waals surface area (Å²) in [6, 6.07) is 9.91. The highest BCUT2D eigenvalue weighted by molar-refractivity contribution is 5.96. The number of aryl methyl sites for hydroxylation is 1. The van der Waals surface area contributed by atoms with Crippen LogP contribution in [-0.4, -0.2) is 70.1 Å². The topological polar surface area (TPSA) is 75.5 Å². The first-order valence-corrected chi connectivity index (χ1v) is 15.5. The molecule has 8 heteroatoms. The summed E-state index contributed by atoms with van der Waals surface area (Å²) in [7, 11) is 1.67. The minimum Gasteiger partial charge on any atom is -0.497 e. The van der Waals surface area contributed by atoms with Gasteiger partial charge in [-0.3, -0.25) is 4.79 Å². The molecule has 1 amide bonds. The van der Waals surface area contributed by atoms with Crippen LogP contribution < -0.4 is 10.1 Å². The van der Waals surface area contributed by atoms with Crippen molar-refractivity contribution in [3.8, 4) is 5.75 Å². The number of rotatable bonds is 14. The number of anilines is 2. The molecule has 0 bridgehead atoms. The number of hydrogen-bond acceptors (Lipinski definition) is 6. The number of carbonyl (C=O) groups excluding carboxylic acids is 1. The van der Waals surface area contributed by atoms with E-state index >= 15 is 0 Å². The van der Waals surface area contributed by atoms with Crippen LogP contribution in [0.25, 0.3) is 11.2 Å². The minimum absolute atomic E-state index is 0.112. The molecule has 2 saturated carbocycles. The summed E-state index contributed by atoms with van der Waals surface area (Å²) in [4.78, 5) is 28.0. The van der Waals surface area contributed by atoms with Crippen LogP contribution in [-0.2, 0) is 6.54 Å². The maximum absolute atomic E-state index is 13.8. The van der Waals surface area contributed by atoms with Crippen LogP contribution >= 0.6 is 0 Å². The number of aromatic nitrogens is 3. The molecule has 3 aromatic rings. The second-order valence-electron chi connectivity index (χ2n) is 12.0. The zero-order chi connectivity index (χ0) is 27.3. The zero-order valence-electron chi connectivity index (χ0n) is 24.0. The maximum Gasteiger partial charge on any atom is 0.255 e. The van der Waals surface area contributed by atoms with Crippen molar-refractivity contribution in [2.45, 2.75) is 70.8 Å². The molecule has 3 heterocycles. The van der Waals surface area contributed by atoms with E-state index in [1.807, 2.05) is 30.3 Å². The summed E-state index contributed by atoms with van der Waals surface area (Å²) >= 11 is 0. The largest absolute Gasteiger partial charge is 0.497 e. The van der Waals surface area contributed by atoms with Gasteiger partial charge in [-0.15, -0.1) is 0 Å². The average Bonchev–Trinajstić information content (AvgIpc) is 3.93. The first-order chi connectivity index (χ1) is 19.7. The Balaban J connectivity index is 1.24. The second-order valence-corrected chi connectivity index (χ2v) is 12.0. The number of carbonyl (C=O) groups is 1. The van der Waals surface area contributed by atoms with Gasteiger partial charge in [-0.1, -0.05) is 32.1 Å². The molecule has 214 valence electrons. The molecular weight excluding hydrogens is 500 g/mol. The minimum atomic E-state index is 0.112. The van der Waals surface area contributed by atoms with Crippen molar-refractivity contribution >= 4 is 28.7 Å². The highest BCUT2D eigenvalue weighted by Gasteiger charge is 2.27. The lowest BCUT2D eigenvalue weighted by molar-refractivity contribution is 0.0746. The number of pyridine rings is 1. The van der Waals surface area contributed by atoms with Crippen molar-refractivity contribution in [3.63, 3.8) is 0 Å². The number of methoxy groups -OCH3 is 1. The first kappa shape index (κ1) is 27.1. The van der Waals surface area contributed by atoms with Gasteiger partial charge in [0.2, 0.25) is 5.95 Å². The van der Waals surface area contributed by atoms with E-state index in [2.05, 4.69) is 19.7 Å². The number of imidazole rings is 1. The molecule has 0 unspecified atom stereocenters. The number of piperidine rings is 1. The van der Waals surface area contributed by atoms with Crippen LogP contribution in [0.4, 0.5) is 11.6 Å². The summed E-state index contributed by atoms with van der Waals surface area (Å²) in [5, 5.41) is 3.50. The summed E-state index contributed by atoms with van der Waals surface area (Å²) in [5.74, 6) is 3.31. The van der Waals surface area contributed by atoms with E-state index in [0.717, 1.165) is 80.2 Å². The van der Waals surface area contributed by atoms with Gasteiger partial charge in [-0.2, -0.15) is 4.98 Å². The van der Waals surface area contributed by atoms with Gasteiger partial charge in [0.1, 0.15) is 5.75 Å². The third kappa shape index (κ3) is 6.95. The third-order valence-corrected chi connectivity index (χ3v) is 8.80. The van der Waals surface area contributed by atoms with Gasteiger partial charge in [0.15, 0.2) is 5.65 Å². The molecule has 0 spiro atoms. The number of amides is 1. The highest BCUT2D eigenvalue weighted by atomic mass is 16.5. The Kier molecular flexibility index (Phi) is 8.51. The lowest BCUT2D eigenvalue weighted by atomic mass is 10.1.